The van der Waals surface area contributed by atoms with Crippen molar-refractivity contribution >= 4 is 5.97 Å². The summed E-state index contributed by atoms with van der Waals surface area (Å²) in [6, 6.07) is 2.30. The maximum absolute atomic E-state index is 10.9. The van der Waals surface area contributed by atoms with Gasteiger partial charge in [0.15, 0.2) is 0 Å². The molecule has 2 rings (SSSR count). The average Bonchev–Trinajstić information content (AvgIpc) is 2.70. The molecule has 1 aromatic rings. The van der Waals surface area contributed by atoms with Gasteiger partial charge in [0.05, 0.1) is 6.54 Å². The molecule has 1 aliphatic rings. The number of carboxylic acid groups (broad SMARTS) is 1. The largest absolute Gasteiger partial charge is 0.475 e. The van der Waals surface area contributed by atoms with Crippen molar-refractivity contribution in [2.45, 2.75) is 32.4 Å². The first-order valence-electron chi connectivity index (χ1n) is 6.31. The summed E-state index contributed by atoms with van der Waals surface area (Å²) in [5.41, 5.74) is 0.683. The van der Waals surface area contributed by atoms with Crippen LogP contribution in [-0.2, 0) is 6.54 Å². The smallest absolute Gasteiger partial charge is 0.372 e. The number of nitrogens with one attached hydrogen (secondary N) is 1. The first-order chi connectivity index (χ1) is 8.56. The Kier molecular flexibility index (Phi) is 4.04. The lowest BCUT2D eigenvalue weighted by atomic mass is 10.1. The van der Waals surface area contributed by atoms with Gasteiger partial charge in [0.25, 0.3) is 0 Å². The maximum Gasteiger partial charge on any atom is 0.372 e. The Morgan fingerprint density at radius 3 is 2.78 bits per heavy atom. The van der Waals surface area contributed by atoms with Crippen molar-refractivity contribution in [2.75, 3.05) is 20.1 Å². The summed E-state index contributed by atoms with van der Waals surface area (Å²) in [6.07, 6.45) is 2.25. The van der Waals surface area contributed by atoms with Gasteiger partial charge in [-0.05, 0) is 46.0 Å². The van der Waals surface area contributed by atoms with Gasteiger partial charge in [-0.2, -0.15) is 0 Å². The van der Waals surface area contributed by atoms with Crippen molar-refractivity contribution in [3.05, 3.63) is 23.2 Å². The molecule has 0 aromatic carbocycles. The zero-order chi connectivity index (χ0) is 13.1. The minimum atomic E-state index is -1.00. The van der Waals surface area contributed by atoms with Crippen molar-refractivity contribution in [3.8, 4) is 0 Å². The molecule has 2 heterocycles. The zero-order valence-corrected chi connectivity index (χ0v) is 10.9. The van der Waals surface area contributed by atoms with Gasteiger partial charge in [-0.1, -0.05) is 0 Å². The summed E-state index contributed by atoms with van der Waals surface area (Å²) in [5, 5.41) is 12.3. The van der Waals surface area contributed by atoms with E-state index in [4.69, 9.17) is 9.52 Å². The summed E-state index contributed by atoms with van der Waals surface area (Å²) < 4.78 is 5.32. The van der Waals surface area contributed by atoms with Crippen molar-refractivity contribution in [1.29, 1.82) is 0 Å². The summed E-state index contributed by atoms with van der Waals surface area (Å²) in [6.45, 7) is 4.57. The van der Waals surface area contributed by atoms with E-state index in [9.17, 15) is 4.79 Å². The molecule has 1 aromatic heterocycles. The second-order valence-electron chi connectivity index (χ2n) is 4.99. The van der Waals surface area contributed by atoms with Gasteiger partial charge < -0.3 is 19.7 Å². The van der Waals surface area contributed by atoms with Crippen LogP contribution in [0.4, 0.5) is 0 Å². The molecule has 0 aliphatic carbocycles. The molecule has 0 amide bonds. The zero-order valence-electron chi connectivity index (χ0n) is 10.9. The van der Waals surface area contributed by atoms with Gasteiger partial charge in [-0.3, -0.25) is 0 Å². The van der Waals surface area contributed by atoms with E-state index in [0.29, 0.717) is 23.9 Å². The molecule has 5 heteroatoms. The lowest BCUT2D eigenvalue weighted by Crippen LogP contribution is -2.40. The highest BCUT2D eigenvalue weighted by molar-refractivity contribution is 5.86. The highest BCUT2D eigenvalue weighted by atomic mass is 16.4. The Morgan fingerprint density at radius 2 is 2.22 bits per heavy atom. The molecule has 1 fully saturated rings. The number of aromatic carboxylic acids is 1. The highest BCUT2D eigenvalue weighted by Gasteiger charge is 2.18. The number of carboxylic acids is 1. The van der Waals surface area contributed by atoms with Crippen LogP contribution in [0.1, 0.15) is 34.7 Å². The number of hydrogen-bond acceptors (Lipinski definition) is 4. The summed E-state index contributed by atoms with van der Waals surface area (Å²) >= 11 is 0. The number of furan rings is 1. The second-order valence-corrected chi connectivity index (χ2v) is 4.99. The van der Waals surface area contributed by atoms with Crippen molar-refractivity contribution in [1.82, 2.24) is 10.2 Å². The first-order valence-corrected chi connectivity index (χ1v) is 6.31. The summed E-state index contributed by atoms with van der Waals surface area (Å²) in [5.74, 6) is -0.253. The normalized spacial score (nSPS) is 18.1. The van der Waals surface area contributed by atoms with Crippen molar-refractivity contribution in [3.63, 3.8) is 0 Å². The number of likely N-dealkylation sites (tertiary alicyclic amines) is 1. The number of carbonyl (C=O) groups is 1. The van der Waals surface area contributed by atoms with Crippen LogP contribution in [-0.4, -0.2) is 42.2 Å². The lowest BCUT2D eigenvalue weighted by molar-refractivity contribution is 0.0659. The number of aryl methyl sites for hydroxylation is 1. The molecule has 0 spiro atoms. The van der Waals surface area contributed by atoms with Gasteiger partial charge in [0, 0.05) is 11.6 Å². The van der Waals surface area contributed by atoms with Crippen LogP contribution in [0.3, 0.4) is 0 Å². The molecule has 0 atom stereocenters. The van der Waals surface area contributed by atoms with Gasteiger partial charge in [0.1, 0.15) is 5.76 Å². The third-order valence-electron chi connectivity index (χ3n) is 3.45. The standard InChI is InChI=1S/C13H20N2O3/c1-9-7-11(18-12(9)13(16)17)8-14-10-3-5-15(2)6-4-10/h7,10,14H,3-6,8H2,1-2H3,(H,16,17). The molecule has 1 aliphatic heterocycles. The Bertz CT molecular complexity index is 420. The summed E-state index contributed by atoms with van der Waals surface area (Å²) in [7, 11) is 2.13. The van der Waals surface area contributed by atoms with Crippen LogP contribution in [0.5, 0.6) is 0 Å². The highest BCUT2D eigenvalue weighted by Crippen LogP contribution is 2.15. The van der Waals surface area contributed by atoms with Crippen LogP contribution in [0.25, 0.3) is 0 Å². The molecule has 0 bridgehead atoms. The third-order valence-corrected chi connectivity index (χ3v) is 3.45. The number of hydrogen-bond donors (Lipinski definition) is 2. The first kappa shape index (κ1) is 13.1. The number of piperidine rings is 1. The van der Waals surface area contributed by atoms with E-state index in [1.807, 2.05) is 0 Å². The second kappa shape index (κ2) is 5.54. The SMILES string of the molecule is Cc1cc(CNC2CCN(C)CC2)oc1C(=O)O. The molecular weight excluding hydrogens is 232 g/mol. The van der Waals surface area contributed by atoms with E-state index < -0.39 is 5.97 Å². The van der Waals surface area contributed by atoms with Crippen LogP contribution in [0, 0.1) is 6.92 Å². The van der Waals surface area contributed by atoms with Crippen LogP contribution in [0.2, 0.25) is 0 Å². The van der Waals surface area contributed by atoms with Gasteiger partial charge in [-0.15, -0.1) is 0 Å². The van der Waals surface area contributed by atoms with E-state index >= 15 is 0 Å². The Balaban J connectivity index is 1.86. The molecular formula is C13H20N2O3. The quantitative estimate of drug-likeness (QED) is 0.849. The van der Waals surface area contributed by atoms with Crippen molar-refractivity contribution in [2.24, 2.45) is 0 Å². The number of rotatable bonds is 4. The van der Waals surface area contributed by atoms with Gasteiger partial charge in [-0.25, -0.2) is 4.79 Å². The molecule has 18 heavy (non-hydrogen) atoms. The van der Waals surface area contributed by atoms with E-state index in [0.717, 1.165) is 25.9 Å². The molecule has 1 saturated heterocycles. The predicted molar refractivity (Wildman–Crippen MR) is 67.8 cm³/mol. The molecule has 5 nitrogen and oxygen atoms in total. The Labute approximate surface area is 107 Å². The molecule has 0 radical (unpaired) electrons. The van der Waals surface area contributed by atoms with E-state index in [1.54, 1.807) is 13.0 Å². The fraction of sp³-hybridized carbons (Fsp3) is 0.615. The van der Waals surface area contributed by atoms with Crippen molar-refractivity contribution < 1.29 is 14.3 Å². The fourth-order valence-electron chi connectivity index (χ4n) is 2.31. The monoisotopic (exact) mass is 252 g/mol. The lowest BCUT2D eigenvalue weighted by Gasteiger charge is -2.29. The summed E-state index contributed by atoms with van der Waals surface area (Å²) in [4.78, 5) is 13.2. The predicted octanol–water partition coefficient (Wildman–Crippen LogP) is 1.47. The Hall–Kier alpha value is -1.33. The molecule has 100 valence electrons. The molecule has 2 N–H and O–H groups in total. The van der Waals surface area contributed by atoms with Crippen LogP contribution < -0.4 is 5.32 Å². The topological polar surface area (TPSA) is 65.7 Å². The molecule has 0 unspecified atom stereocenters. The minimum Gasteiger partial charge on any atom is -0.475 e. The number of nitrogens with zero attached hydrogens (tertiary/aromatic N) is 1. The minimum absolute atomic E-state index is 0.0511. The molecule has 0 saturated carbocycles. The fourth-order valence-corrected chi connectivity index (χ4v) is 2.31. The van der Waals surface area contributed by atoms with Crippen LogP contribution >= 0.6 is 0 Å². The van der Waals surface area contributed by atoms with E-state index in [2.05, 4.69) is 17.3 Å². The maximum atomic E-state index is 10.9. The third kappa shape index (κ3) is 3.11. The average molecular weight is 252 g/mol. The van der Waals surface area contributed by atoms with E-state index in [1.165, 1.54) is 0 Å². The van der Waals surface area contributed by atoms with Crippen LogP contribution in [0.15, 0.2) is 10.5 Å². The Morgan fingerprint density at radius 1 is 1.56 bits per heavy atom. The van der Waals surface area contributed by atoms with Gasteiger partial charge in [0.2, 0.25) is 5.76 Å². The van der Waals surface area contributed by atoms with E-state index in [-0.39, 0.29) is 5.76 Å². The van der Waals surface area contributed by atoms with Gasteiger partial charge >= 0.3 is 5.97 Å².